The number of rotatable bonds is 4. The zero-order chi connectivity index (χ0) is 15.0. The van der Waals surface area contributed by atoms with Gasteiger partial charge in [-0.15, -0.1) is 0 Å². The molecule has 1 aromatic heterocycles. The van der Waals surface area contributed by atoms with Gasteiger partial charge < -0.3 is 14.7 Å². The second kappa shape index (κ2) is 5.43. The molecule has 2 heterocycles. The first-order valence-electron chi connectivity index (χ1n) is 7.18. The van der Waals surface area contributed by atoms with E-state index in [2.05, 4.69) is 30.8 Å². The fourth-order valence-corrected chi connectivity index (χ4v) is 3.20. The summed E-state index contributed by atoms with van der Waals surface area (Å²) in [5.74, 6) is 0.101. The Labute approximate surface area is 121 Å². The van der Waals surface area contributed by atoms with Gasteiger partial charge in [-0.05, 0) is 52.4 Å². The van der Waals surface area contributed by atoms with Crippen molar-refractivity contribution in [2.24, 2.45) is 5.92 Å². The van der Waals surface area contributed by atoms with Gasteiger partial charge >= 0.3 is 0 Å². The van der Waals surface area contributed by atoms with Crippen molar-refractivity contribution in [3.8, 4) is 0 Å². The van der Waals surface area contributed by atoms with Gasteiger partial charge in [-0.2, -0.15) is 0 Å². The lowest BCUT2D eigenvalue weighted by molar-refractivity contribution is -0.0912. The third-order valence-corrected chi connectivity index (χ3v) is 4.22. The van der Waals surface area contributed by atoms with Gasteiger partial charge in [-0.25, -0.2) is 0 Å². The van der Waals surface area contributed by atoms with Crippen LogP contribution in [0.3, 0.4) is 0 Å². The summed E-state index contributed by atoms with van der Waals surface area (Å²) in [5.41, 5.74) is 0.439. The van der Waals surface area contributed by atoms with E-state index in [1.54, 1.807) is 0 Å². The van der Waals surface area contributed by atoms with E-state index in [0.29, 0.717) is 0 Å². The van der Waals surface area contributed by atoms with Gasteiger partial charge in [0, 0.05) is 31.4 Å². The molecule has 0 aromatic carbocycles. The zero-order valence-electron chi connectivity index (χ0n) is 13.1. The highest BCUT2D eigenvalue weighted by Crippen LogP contribution is 2.42. The molecule has 1 aliphatic heterocycles. The van der Waals surface area contributed by atoms with Crippen LogP contribution >= 0.6 is 0 Å². The fourth-order valence-electron chi connectivity index (χ4n) is 3.20. The molecule has 2 atom stereocenters. The Morgan fingerprint density at radius 1 is 1.20 bits per heavy atom. The minimum absolute atomic E-state index is 0.101. The van der Waals surface area contributed by atoms with Crippen molar-refractivity contribution >= 4 is 0 Å². The van der Waals surface area contributed by atoms with E-state index in [1.807, 2.05) is 38.4 Å². The number of aliphatic hydroxyl groups is 1. The lowest BCUT2D eigenvalue weighted by Crippen LogP contribution is -2.42. The highest BCUT2D eigenvalue weighted by molar-refractivity contribution is 5.09. The molecule has 1 saturated heterocycles. The van der Waals surface area contributed by atoms with E-state index in [-0.39, 0.29) is 11.5 Å². The van der Waals surface area contributed by atoms with E-state index < -0.39 is 11.7 Å². The molecule has 112 valence electrons. The van der Waals surface area contributed by atoms with E-state index in [4.69, 9.17) is 4.74 Å². The Bertz CT molecular complexity index is 445. The number of pyridine rings is 1. The summed E-state index contributed by atoms with van der Waals surface area (Å²) in [5, 5.41) is 10.5. The first-order valence-corrected chi connectivity index (χ1v) is 7.18. The van der Waals surface area contributed by atoms with Crippen LogP contribution in [0.5, 0.6) is 0 Å². The predicted molar refractivity (Wildman–Crippen MR) is 79.3 cm³/mol. The lowest BCUT2D eigenvalue weighted by Gasteiger charge is -2.30. The number of aliphatic hydroxyl groups excluding tert-OH is 1. The van der Waals surface area contributed by atoms with E-state index in [9.17, 15) is 5.11 Å². The molecule has 0 amide bonds. The maximum atomic E-state index is 10.5. The van der Waals surface area contributed by atoms with Crippen LogP contribution in [0.15, 0.2) is 24.5 Å². The molecular weight excluding hydrogens is 252 g/mol. The molecule has 1 aromatic rings. The van der Waals surface area contributed by atoms with Crippen molar-refractivity contribution in [2.45, 2.75) is 51.5 Å². The van der Waals surface area contributed by atoms with Gasteiger partial charge in [-0.1, -0.05) is 0 Å². The molecule has 4 heteroatoms. The Morgan fingerprint density at radius 2 is 1.80 bits per heavy atom. The average molecular weight is 278 g/mol. The first kappa shape index (κ1) is 15.4. The van der Waals surface area contributed by atoms with Crippen LogP contribution in [-0.2, 0) is 11.3 Å². The standard InChI is InChI=1S/C16H26N2O2/c1-15(2)13(14(19)16(3,4)20-15)11-18(5)10-12-6-8-17-9-7-12/h6-9,13-14,19H,10-11H2,1-5H3. The summed E-state index contributed by atoms with van der Waals surface area (Å²) in [6, 6.07) is 4.04. The lowest BCUT2D eigenvalue weighted by atomic mass is 9.84. The largest absolute Gasteiger partial charge is 0.390 e. The number of hydrogen-bond acceptors (Lipinski definition) is 4. The average Bonchev–Trinajstić information content (AvgIpc) is 2.49. The minimum atomic E-state index is -0.480. The molecule has 2 unspecified atom stereocenters. The predicted octanol–water partition coefficient (Wildman–Crippen LogP) is 2.08. The van der Waals surface area contributed by atoms with Crippen molar-refractivity contribution in [3.63, 3.8) is 0 Å². The molecule has 1 N–H and O–H groups in total. The second-order valence-corrected chi connectivity index (χ2v) is 6.91. The minimum Gasteiger partial charge on any atom is -0.390 e. The van der Waals surface area contributed by atoms with Crippen molar-refractivity contribution in [1.82, 2.24) is 9.88 Å². The summed E-state index contributed by atoms with van der Waals surface area (Å²) in [4.78, 5) is 6.26. The van der Waals surface area contributed by atoms with E-state index in [1.165, 1.54) is 5.56 Å². The fraction of sp³-hybridized carbons (Fsp3) is 0.688. The highest BCUT2D eigenvalue weighted by Gasteiger charge is 2.53. The van der Waals surface area contributed by atoms with Crippen molar-refractivity contribution in [2.75, 3.05) is 13.6 Å². The Kier molecular flexibility index (Phi) is 4.19. The van der Waals surface area contributed by atoms with Crippen LogP contribution in [0.1, 0.15) is 33.3 Å². The van der Waals surface area contributed by atoms with Gasteiger partial charge in [-0.3, -0.25) is 4.98 Å². The molecule has 0 saturated carbocycles. The smallest absolute Gasteiger partial charge is 0.0896 e. The third-order valence-electron chi connectivity index (χ3n) is 4.22. The van der Waals surface area contributed by atoms with Crippen LogP contribution in [0.2, 0.25) is 0 Å². The molecule has 20 heavy (non-hydrogen) atoms. The number of aromatic nitrogens is 1. The summed E-state index contributed by atoms with van der Waals surface area (Å²) >= 11 is 0. The van der Waals surface area contributed by atoms with E-state index >= 15 is 0 Å². The van der Waals surface area contributed by atoms with Crippen LogP contribution in [0.4, 0.5) is 0 Å². The molecule has 1 fully saturated rings. The highest BCUT2D eigenvalue weighted by atomic mass is 16.5. The molecule has 0 aliphatic carbocycles. The van der Waals surface area contributed by atoms with Gasteiger partial charge in [0.05, 0.1) is 17.3 Å². The summed E-state index contributed by atoms with van der Waals surface area (Å²) in [6.45, 7) is 9.71. The quantitative estimate of drug-likeness (QED) is 0.916. The maximum absolute atomic E-state index is 10.5. The van der Waals surface area contributed by atoms with Gasteiger partial charge in [0.25, 0.3) is 0 Å². The van der Waals surface area contributed by atoms with Gasteiger partial charge in [0.15, 0.2) is 0 Å². The SMILES string of the molecule is CN(Cc1ccncc1)CC1C(O)C(C)(C)OC1(C)C. The monoisotopic (exact) mass is 278 g/mol. The summed E-state index contributed by atoms with van der Waals surface area (Å²) in [7, 11) is 2.08. The molecular formula is C16H26N2O2. The molecule has 4 nitrogen and oxygen atoms in total. The first-order chi connectivity index (χ1) is 9.22. The number of nitrogens with zero attached hydrogens (tertiary/aromatic N) is 2. The molecule has 1 aliphatic rings. The van der Waals surface area contributed by atoms with Crippen LogP contribution in [-0.4, -0.2) is 45.9 Å². The molecule has 0 bridgehead atoms. The Balaban J connectivity index is 2.02. The van der Waals surface area contributed by atoms with Gasteiger partial charge in [0.2, 0.25) is 0 Å². The van der Waals surface area contributed by atoms with Crippen molar-refractivity contribution < 1.29 is 9.84 Å². The molecule has 0 spiro atoms. The van der Waals surface area contributed by atoms with Crippen molar-refractivity contribution in [3.05, 3.63) is 30.1 Å². The Morgan fingerprint density at radius 3 is 2.30 bits per heavy atom. The number of ether oxygens (including phenoxy) is 1. The maximum Gasteiger partial charge on any atom is 0.0896 e. The summed E-state index contributed by atoms with van der Waals surface area (Å²) in [6.07, 6.45) is 3.17. The second-order valence-electron chi connectivity index (χ2n) is 6.91. The van der Waals surface area contributed by atoms with Gasteiger partial charge in [0.1, 0.15) is 0 Å². The molecule has 0 radical (unpaired) electrons. The third kappa shape index (κ3) is 3.19. The summed E-state index contributed by atoms with van der Waals surface area (Å²) < 4.78 is 6.03. The normalized spacial score (nSPS) is 27.9. The van der Waals surface area contributed by atoms with Crippen LogP contribution < -0.4 is 0 Å². The topological polar surface area (TPSA) is 45.6 Å². The van der Waals surface area contributed by atoms with Crippen LogP contribution in [0.25, 0.3) is 0 Å². The van der Waals surface area contributed by atoms with Crippen LogP contribution in [0, 0.1) is 5.92 Å². The number of hydrogen-bond donors (Lipinski definition) is 1. The van der Waals surface area contributed by atoms with Crippen molar-refractivity contribution in [1.29, 1.82) is 0 Å². The van der Waals surface area contributed by atoms with E-state index in [0.717, 1.165) is 13.1 Å². The molecule has 2 rings (SSSR count). The Hall–Kier alpha value is -0.970. The zero-order valence-corrected chi connectivity index (χ0v) is 13.1.